The molecule has 0 aliphatic carbocycles. The second-order valence-electron chi connectivity index (χ2n) is 9.00. The summed E-state index contributed by atoms with van der Waals surface area (Å²) >= 11 is 0. The average Bonchev–Trinajstić information content (AvgIpc) is 3.42. The average molecular weight is 457 g/mol. The van der Waals surface area contributed by atoms with Crippen LogP contribution in [-0.4, -0.2) is 50.2 Å². The minimum absolute atomic E-state index is 0.384. The lowest BCUT2D eigenvalue weighted by molar-refractivity contribution is 0.205. The normalized spacial score (nSPS) is 20.8. The summed E-state index contributed by atoms with van der Waals surface area (Å²) in [4.78, 5) is 11.6. The molecule has 3 atom stereocenters. The summed E-state index contributed by atoms with van der Waals surface area (Å²) < 4.78 is 7.58. The zero-order valence-corrected chi connectivity index (χ0v) is 20.3. The smallest absolute Gasteiger partial charge is 0.163 e. The summed E-state index contributed by atoms with van der Waals surface area (Å²) in [5.41, 5.74) is 12.6. The van der Waals surface area contributed by atoms with E-state index in [-0.39, 0.29) is 0 Å². The van der Waals surface area contributed by atoms with Gasteiger partial charge in [0.25, 0.3) is 0 Å². The fraction of sp³-hybridized carbons (Fsp3) is 0.370. The predicted molar refractivity (Wildman–Crippen MR) is 136 cm³/mol. The number of aromatic nitrogens is 4. The van der Waals surface area contributed by atoms with E-state index >= 15 is 0 Å². The minimum atomic E-state index is 0.384. The van der Waals surface area contributed by atoms with Crippen LogP contribution in [0.2, 0.25) is 0 Å². The number of nitrogens with zero attached hydrogens (tertiary/aromatic N) is 5. The highest BCUT2D eigenvalue weighted by atomic mass is 16.5. The highest BCUT2D eigenvalue weighted by molar-refractivity contribution is 5.91. The molecule has 0 amide bonds. The van der Waals surface area contributed by atoms with Crippen LogP contribution < -0.4 is 10.5 Å². The molecule has 3 unspecified atom stereocenters. The van der Waals surface area contributed by atoms with Gasteiger partial charge in [-0.3, -0.25) is 9.88 Å². The Bertz CT molecular complexity index is 1300. The largest absolute Gasteiger partial charge is 0.495 e. The van der Waals surface area contributed by atoms with E-state index in [0.29, 0.717) is 29.4 Å². The topological polar surface area (TPSA) is 81.6 Å². The molecule has 34 heavy (non-hydrogen) atoms. The Balaban J connectivity index is 1.74. The number of ether oxygens (including phenoxy) is 1. The molecule has 0 bridgehead atoms. The Morgan fingerprint density at radius 2 is 1.85 bits per heavy atom. The summed E-state index contributed by atoms with van der Waals surface area (Å²) in [5, 5.41) is 5.15. The lowest BCUT2D eigenvalue weighted by Crippen LogP contribution is -2.35. The molecule has 1 aliphatic heterocycles. The van der Waals surface area contributed by atoms with Gasteiger partial charge < -0.3 is 10.5 Å². The van der Waals surface area contributed by atoms with E-state index in [1.165, 1.54) is 5.69 Å². The molecule has 1 saturated heterocycles. The van der Waals surface area contributed by atoms with Crippen molar-refractivity contribution in [3.8, 4) is 28.1 Å². The monoisotopic (exact) mass is 456 g/mol. The molecule has 1 aromatic carbocycles. The van der Waals surface area contributed by atoms with E-state index in [0.717, 1.165) is 47.4 Å². The van der Waals surface area contributed by atoms with Crippen LogP contribution in [-0.2, 0) is 0 Å². The van der Waals surface area contributed by atoms with Gasteiger partial charge in [0.15, 0.2) is 5.65 Å². The molecule has 7 nitrogen and oxygen atoms in total. The Kier molecular flexibility index (Phi) is 5.96. The lowest BCUT2D eigenvalue weighted by Gasteiger charge is -2.27. The van der Waals surface area contributed by atoms with Gasteiger partial charge in [-0.05, 0) is 62.2 Å². The van der Waals surface area contributed by atoms with Crippen molar-refractivity contribution in [3.63, 3.8) is 0 Å². The number of anilines is 1. The van der Waals surface area contributed by atoms with E-state index < -0.39 is 0 Å². The third-order valence-corrected chi connectivity index (χ3v) is 7.34. The number of pyridine rings is 1. The van der Waals surface area contributed by atoms with Crippen LogP contribution >= 0.6 is 0 Å². The van der Waals surface area contributed by atoms with Gasteiger partial charge in [-0.2, -0.15) is 5.10 Å². The first-order chi connectivity index (χ1) is 16.6. The molecule has 0 radical (unpaired) electrons. The standard InChI is InChI=1S/C27H32N6O/c1-5-20-16-21(17(3)32(20)6-2)23-11-14-30-27-25(19-7-8-22(28)24(15-19)34-4)26(31-33(23)27)18-9-12-29-13-10-18/h7-15,17,20-21H,5-6,16,28H2,1-4H3. The minimum Gasteiger partial charge on any atom is -0.495 e. The number of hydrogen-bond donors (Lipinski definition) is 1. The SMILES string of the molecule is CCC1CC(c2ccnc3c(-c4ccc(N)c(OC)c4)c(-c4ccncc4)nn23)C(C)N1CC. The van der Waals surface area contributed by atoms with Crippen molar-refractivity contribution in [1.82, 2.24) is 24.5 Å². The third kappa shape index (κ3) is 3.60. The maximum atomic E-state index is 6.12. The molecule has 0 spiro atoms. The first kappa shape index (κ1) is 22.3. The second-order valence-corrected chi connectivity index (χ2v) is 9.00. The maximum absolute atomic E-state index is 6.12. The van der Waals surface area contributed by atoms with E-state index in [9.17, 15) is 0 Å². The van der Waals surface area contributed by atoms with E-state index in [1.54, 1.807) is 19.5 Å². The van der Waals surface area contributed by atoms with Gasteiger partial charge in [-0.25, -0.2) is 9.50 Å². The van der Waals surface area contributed by atoms with Gasteiger partial charge in [-0.15, -0.1) is 0 Å². The molecule has 1 fully saturated rings. The van der Waals surface area contributed by atoms with Gasteiger partial charge >= 0.3 is 0 Å². The molecule has 0 saturated carbocycles. The van der Waals surface area contributed by atoms with Crippen LogP contribution in [0.4, 0.5) is 5.69 Å². The number of hydrogen-bond acceptors (Lipinski definition) is 6. The fourth-order valence-electron chi connectivity index (χ4n) is 5.59. The maximum Gasteiger partial charge on any atom is 0.163 e. The fourth-order valence-corrected chi connectivity index (χ4v) is 5.59. The van der Waals surface area contributed by atoms with E-state index in [2.05, 4.69) is 41.2 Å². The van der Waals surface area contributed by atoms with Crippen LogP contribution in [0.1, 0.15) is 45.2 Å². The Morgan fingerprint density at radius 3 is 2.53 bits per heavy atom. The number of methoxy groups -OCH3 is 1. The first-order valence-corrected chi connectivity index (χ1v) is 12.0. The van der Waals surface area contributed by atoms with Crippen molar-refractivity contribution in [2.75, 3.05) is 19.4 Å². The summed E-state index contributed by atoms with van der Waals surface area (Å²) in [6, 6.07) is 13.0. The van der Waals surface area contributed by atoms with E-state index in [1.807, 2.05) is 36.5 Å². The zero-order valence-electron chi connectivity index (χ0n) is 20.3. The number of likely N-dealkylation sites (N-methyl/N-ethyl adjacent to an activating group) is 1. The van der Waals surface area contributed by atoms with Crippen LogP contribution in [0.3, 0.4) is 0 Å². The van der Waals surface area contributed by atoms with Crippen molar-refractivity contribution in [1.29, 1.82) is 0 Å². The van der Waals surface area contributed by atoms with Crippen LogP contribution in [0.5, 0.6) is 5.75 Å². The van der Waals surface area contributed by atoms with Gasteiger partial charge in [-0.1, -0.05) is 19.9 Å². The van der Waals surface area contributed by atoms with Crippen molar-refractivity contribution in [3.05, 3.63) is 60.7 Å². The quantitative estimate of drug-likeness (QED) is 0.410. The van der Waals surface area contributed by atoms with Crippen LogP contribution in [0.15, 0.2) is 55.0 Å². The zero-order chi connectivity index (χ0) is 23.8. The molecule has 1 aliphatic rings. The van der Waals surface area contributed by atoms with Crippen molar-refractivity contribution < 1.29 is 4.74 Å². The Hall–Kier alpha value is -3.45. The number of nitrogens with two attached hydrogens (primary N) is 1. The second kappa shape index (κ2) is 9.06. The first-order valence-electron chi connectivity index (χ1n) is 12.0. The molecule has 4 heterocycles. The summed E-state index contributed by atoms with van der Waals surface area (Å²) in [6.45, 7) is 7.94. The van der Waals surface area contributed by atoms with Gasteiger partial charge in [0.05, 0.1) is 24.1 Å². The van der Waals surface area contributed by atoms with Crippen molar-refractivity contribution in [2.45, 2.75) is 51.6 Å². The molecule has 7 heteroatoms. The number of nitrogen functional groups attached to an aromatic ring is 1. The Morgan fingerprint density at radius 1 is 1.06 bits per heavy atom. The van der Waals surface area contributed by atoms with Crippen LogP contribution in [0.25, 0.3) is 28.0 Å². The number of rotatable bonds is 6. The predicted octanol–water partition coefficient (Wildman–Crippen LogP) is 5.03. The summed E-state index contributed by atoms with van der Waals surface area (Å²) in [5.74, 6) is 1.02. The van der Waals surface area contributed by atoms with Crippen molar-refractivity contribution >= 4 is 11.3 Å². The van der Waals surface area contributed by atoms with Gasteiger partial charge in [0, 0.05) is 42.2 Å². The summed E-state index contributed by atoms with van der Waals surface area (Å²) in [7, 11) is 1.64. The molecule has 4 aromatic rings. The Labute approximate surface area is 200 Å². The molecule has 2 N–H and O–H groups in total. The highest BCUT2D eigenvalue weighted by Gasteiger charge is 2.39. The third-order valence-electron chi connectivity index (χ3n) is 7.34. The molecule has 176 valence electrons. The van der Waals surface area contributed by atoms with Crippen molar-refractivity contribution in [2.24, 2.45) is 0 Å². The number of benzene rings is 1. The van der Waals surface area contributed by atoms with Gasteiger partial charge in [0.2, 0.25) is 0 Å². The highest BCUT2D eigenvalue weighted by Crippen LogP contribution is 2.41. The summed E-state index contributed by atoms with van der Waals surface area (Å²) in [6.07, 6.45) is 7.79. The van der Waals surface area contributed by atoms with Gasteiger partial charge in [0.1, 0.15) is 11.4 Å². The molecular formula is C27H32N6O. The number of likely N-dealkylation sites (tertiary alicyclic amines) is 1. The number of fused-ring (bicyclic) bond motifs is 1. The molecule has 3 aromatic heterocycles. The molecular weight excluding hydrogens is 424 g/mol. The van der Waals surface area contributed by atoms with E-state index in [4.69, 9.17) is 20.6 Å². The van der Waals surface area contributed by atoms with Crippen LogP contribution in [0, 0.1) is 0 Å². The lowest BCUT2D eigenvalue weighted by atomic mass is 9.95. The molecule has 5 rings (SSSR count).